The summed E-state index contributed by atoms with van der Waals surface area (Å²) in [5, 5.41) is 9.40. The van der Waals surface area contributed by atoms with Crippen LogP contribution >= 0.6 is 0 Å². The quantitative estimate of drug-likeness (QED) is 0.691. The molecule has 4 heteroatoms. The molecule has 2 aromatic carbocycles. The predicted octanol–water partition coefficient (Wildman–Crippen LogP) is 2.23. The minimum absolute atomic E-state index is 0.152. The Kier molecular flexibility index (Phi) is 2.78. The summed E-state index contributed by atoms with van der Waals surface area (Å²) >= 11 is 0. The van der Waals surface area contributed by atoms with Gasteiger partial charge < -0.3 is 21.3 Å². The molecule has 2 rings (SSSR count). The molecule has 0 unspecified atom stereocenters. The summed E-state index contributed by atoms with van der Waals surface area (Å²) < 4.78 is 5.22. The van der Waals surface area contributed by atoms with Crippen LogP contribution in [0.3, 0.4) is 0 Å². The Hall–Kier alpha value is -2.36. The first-order valence-electron chi connectivity index (χ1n) is 5.14. The fraction of sp³-hybridized carbons (Fsp3) is 0.0769. The zero-order chi connectivity index (χ0) is 12.4. The lowest BCUT2D eigenvalue weighted by Gasteiger charge is -2.11. The fourth-order valence-electron chi connectivity index (χ4n) is 1.73. The van der Waals surface area contributed by atoms with E-state index in [1.54, 1.807) is 37.4 Å². The molecule has 88 valence electrons. The largest absolute Gasteiger partial charge is 0.508 e. The zero-order valence-electron chi connectivity index (χ0n) is 9.47. The van der Waals surface area contributed by atoms with Crippen molar-refractivity contribution in [1.82, 2.24) is 0 Å². The maximum Gasteiger partial charge on any atom is 0.130 e. The van der Waals surface area contributed by atoms with Crippen molar-refractivity contribution < 1.29 is 9.84 Å². The van der Waals surface area contributed by atoms with Gasteiger partial charge in [0.05, 0.1) is 7.11 Å². The Balaban J connectivity index is 2.60. The van der Waals surface area contributed by atoms with Crippen LogP contribution in [-0.4, -0.2) is 12.2 Å². The minimum atomic E-state index is 0.152. The third-order valence-electron chi connectivity index (χ3n) is 2.55. The molecule has 0 fully saturated rings. The fourth-order valence-corrected chi connectivity index (χ4v) is 1.73. The van der Waals surface area contributed by atoms with Crippen LogP contribution in [-0.2, 0) is 0 Å². The van der Waals surface area contributed by atoms with Crippen LogP contribution in [0.15, 0.2) is 36.4 Å². The molecule has 0 saturated carbocycles. The van der Waals surface area contributed by atoms with Crippen LogP contribution in [0.25, 0.3) is 11.1 Å². The van der Waals surface area contributed by atoms with E-state index in [1.165, 1.54) is 0 Å². The van der Waals surface area contributed by atoms with E-state index in [4.69, 9.17) is 16.2 Å². The van der Waals surface area contributed by atoms with Crippen molar-refractivity contribution in [3.63, 3.8) is 0 Å². The molecule has 0 atom stereocenters. The number of nitrogens with two attached hydrogens (primary N) is 2. The summed E-state index contributed by atoms with van der Waals surface area (Å²) in [6.45, 7) is 0. The number of rotatable bonds is 2. The lowest BCUT2D eigenvalue weighted by molar-refractivity contribution is 0.409. The molecule has 4 nitrogen and oxygen atoms in total. The lowest BCUT2D eigenvalue weighted by atomic mass is 10.0. The summed E-state index contributed by atoms with van der Waals surface area (Å²) in [6, 6.07) is 10.2. The van der Waals surface area contributed by atoms with Crippen molar-refractivity contribution in [3.05, 3.63) is 36.4 Å². The van der Waals surface area contributed by atoms with Gasteiger partial charge in [0.1, 0.15) is 11.5 Å². The SMILES string of the molecule is COc1cc(O)ccc1-c1ccc(N)cc1N. The van der Waals surface area contributed by atoms with Crippen LogP contribution in [0.4, 0.5) is 11.4 Å². The number of ether oxygens (including phenoxy) is 1. The number of aromatic hydroxyl groups is 1. The number of benzene rings is 2. The molecule has 17 heavy (non-hydrogen) atoms. The normalized spacial score (nSPS) is 10.2. The van der Waals surface area contributed by atoms with E-state index in [0.29, 0.717) is 17.1 Å². The van der Waals surface area contributed by atoms with Gasteiger partial charge in [0.15, 0.2) is 0 Å². The van der Waals surface area contributed by atoms with Crippen LogP contribution in [0.2, 0.25) is 0 Å². The van der Waals surface area contributed by atoms with E-state index in [-0.39, 0.29) is 5.75 Å². The second kappa shape index (κ2) is 4.25. The predicted molar refractivity (Wildman–Crippen MR) is 68.9 cm³/mol. The molecular weight excluding hydrogens is 216 g/mol. The van der Waals surface area contributed by atoms with Crippen LogP contribution in [0, 0.1) is 0 Å². The molecule has 0 aliphatic rings. The number of anilines is 2. The average molecular weight is 230 g/mol. The van der Waals surface area contributed by atoms with Crippen molar-refractivity contribution in [3.8, 4) is 22.6 Å². The van der Waals surface area contributed by atoms with Crippen molar-refractivity contribution >= 4 is 11.4 Å². The van der Waals surface area contributed by atoms with Crippen molar-refractivity contribution in [1.29, 1.82) is 0 Å². The van der Waals surface area contributed by atoms with Gasteiger partial charge in [-0.25, -0.2) is 0 Å². The summed E-state index contributed by atoms with van der Waals surface area (Å²) in [5.41, 5.74) is 14.4. The van der Waals surface area contributed by atoms with E-state index in [1.807, 2.05) is 6.07 Å². The van der Waals surface area contributed by atoms with E-state index in [2.05, 4.69) is 0 Å². The molecular formula is C13H14N2O2. The Labute approximate surface area is 99.4 Å². The molecule has 0 bridgehead atoms. The van der Waals surface area contributed by atoms with Gasteiger partial charge in [0.2, 0.25) is 0 Å². The minimum Gasteiger partial charge on any atom is -0.508 e. The van der Waals surface area contributed by atoms with Gasteiger partial charge in [-0.2, -0.15) is 0 Å². The van der Waals surface area contributed by atoms with Gasteiger partial charge in [0.25, 0.3) is 0 Å². The van der Waals surface area contributed by atoms with E-state index < -0.39 is 0 Å². The number of nitrogen functional groups attached to an aromatic ring is 2. The second-order valence-electron chi connectivity index (χ2n) is 3.73. The van der Waals surface area contributed by atoms with Crippen molar-refractivity contribution in [2.45, 2.75) is 0 Å². The molecule has 2 aromatic rings. The number of methoxy groups -OCH3 is 1. The van der Waals surface area contributed by atoms with Gasteiger partial charge in [-0.3, -0.25) is 0 Å². The number of hydrogen-bond donors (Lipinski definition) is 3. The van der Waals surface area contributed by atoms with E-state index in [0.717, 1.165) is 11.1 Å². The van der Waals surface area contributed by atoms with Crippen molar-refractivity contribution in [2.75, 3.05) is 18.6 Å². The molecule has 0 spiro atoms. The molecule has 0 saturated heterocycles. The first-order valence-corrected chi connectivity index (χ1v) is 5.14. The Morgan fingerprint density at radius 3 is 2.35 bits per heavy atom. The molecule has 5 N–H and O–H groups in total. The maximum absolute atomic E-state index is 9.40. The molecule has 0 radical (unpaired) electrons. The number of hydrogen-bond acceptors (Lipinski definition) is 4. The highest BCUT2D eigenvalue weighted by atomic mass is 16.5. The average Bonchev–Trinajstić information content (AvgIpc) is 2.30. The monoisotopic (exact) mass is 230 g/mol. The molecule has 0 amide bonds. The van der Waals surface area contributed by atoms with E-state index in [9.17, 15) is 5.11 Å². The van der Waals surface area contributed by atoms with Gasteiger partial charge in [-0.05, 0) is 24.3 Å². The first-order chi connectivity index (χ1) is 8.11. The maximum atomic E-state index is 9.40. The summed E-state index contributed by atoms with van der Waals surface area (Å²) in [7, 11) is 1.55. The Bertz CT molecular complexity index is 553. The standard InChI is InChI=1S/C13H14N2O2/c1-17-13-7-9(16)3-5-11(13)10-4-2-8(14)6-12(10)15/h2-7,16H,14-15H2,1H3. The highest BCUT2D eigenvalue weighted by molar-refractivity contribution is 5.82. The van der Waals surface area contributed by atoms with Crippen LogP contribution < -0.4 is 16.2 Å². The lowest BCUT2D eigenvalue weighted by Crippen LogP contribution is -1.95. The molecule has 0 aromatic heterocycles. The van der Waals surface area contributed by atoms with Crippen molar-refractivity contribution in [2.24, 2.45) is 0 Å². The second-order valence-corrected chi connectivity index (χ2v) is 3.73. The molecule has 0 aliphatic carbocycles. The summed E-state index contributed by atoms with van der Waals surface area (Å²) in [5.74, 6) is 0.723. The smallest absolute Gasteiger partial charge is 0.130 e. The summed E-state index contributed by atoms with van der Waals surface area (Å²) in [4.78, 5) is 0. The van der Waals surface area contributed by atoms with E-state index >= 15 is 0 Å². The highest BCUT2D eigenvalue weighted by Crippen LogP contribution is 2.36. The number of phenolic OH excluding ortho intramolecular Hbond substituents is 1. The zero-order valence-corrected chi connectivity index (χ0v) is 9.47. The molecule has 0 aliphatic heterocycles. The topological polar surface area (TPSA) is 81.5 Å². The third-order valence-corrected chi connectivity index (χ3v) is 2.55. The summed E-state index contributed by atoms with van der Waals surface area (Å²) in [6.07, 6.45) is 0. The van der Waals surface area contributed by atoms with Gasteiger partial charge >= 0.3 is 0 Å². The van der Waals surface area contributed by atoms with Gasteiger partial charge in [0, 0.05) is 28.6 Å². The highest BCUT2D eigenvalue weighted by Gasteiger charge is 2.09. The Morgan fingerprint density at radius 1 is 1.00 bits per heavy atom. The van der Waals surface area contributed by atoms with Crippen LogP contribution in [0.1, 0.15) is 0 Å². The first kappa shape index (κ1) is 11.1. The van der Waals surface area contributed by atoms with Gasteiger partial charge in [-0.15, -0.1) is 0 Å². The van der Waals surface area contributed by atoms with Gasteiger partial charge in [-0.1, -0.05) is 6.07 Å². The van der Waals surface area contributed by atoms with Crippen LogP contribution in [0.5, 0.6) is 11.5 Å². The third kappa shape index (κ3) is 2.10. The molecule has 0 heterocycles. The number of phenols is 1. The Morgan fingerprint density at radius 2 is 1.71 bits per heavy atom.